The number of nitrogens with zero attached hydrogens (tertiary/aromatic N) is 2. The fraction of sp³-hybridized carbons (Fsp3) is 0.111. The molecule has 2 heterocycles. The number of H-pyrrole nitrogens is 2. The van der Waals surface area contributed by atoms with Gasteiger partial charge in [-0.05, 0) is 48.7 Å². The minimum Gasteiger partial charge on any atom is -0.494 e. The lowest BCUT2D eigenvalue weighted by Gasteiger charge is -2.09. The van der Waals surface area contributed by atoms with Crippen LogP contribution in [0, 0.1) is 0 Å². The summed E-state index contributed by atoms with van der Waals surface area (Å²) in [5, 5.41) is 11.7. The minimum absolute atomic E-state index is 0.108. The molecule has 2 aromatic heterocycles. The SMILES string of the molecule is NCCCc1ccc(C(=Nc2ccc(-c3cnc[nH]3)cc2)c2c(O)[nH]c3ccccc23)cc1. The van der Waals surface area contributed by atoms with E-state index in [1.165, 1.54) is 5.56 Å². The highest BCUT2D eigenvalue weighted by Crippen LogP contribution is 2.32. The molecule has 0 fully saturated rings. The predicted molar refractivity (Wildman–Crippen MR) is 133 cm³/mol. The predicted octanol–water partition coefficient (Wildman–Crippen LogP) is 5.32. The number of para-hydroxylation sites is 1. The van der Waals surface area contributed by atoms with Crippen molar-refractivity contribution in [3.8, 4) is 17.1 Å². The lowest BCUT2D eigenvalue weighted by atomic mass is 9.98. The normalized spacial score (nSPS) is 11.8. The molecule has 5 rings (SSSR count). The number of rotatable bonds is 7. The van der Waals surface area contributed by atoms with E-state index in [1.807, 2.05) is 48.5 Å². The third kappa shape index (κ3) is 4.29. The largest absolute Gasteiger partial charge is 0.494 e. The molecule has 0 saturated heterocycles. The van der Waals surface area contributed by atoms with Crippen molar-refractivity contribution in [3.63, 3.8) is 0 Å². The van der Waals surface area contributed by atoms with Crippen molar-refractivity contribution in [1.29, 1.82) is 0 Å². The van der Waals surface area contributed by atoms with Crippen LogP contribution in [0.5, 0.6) is 5.88 Å². The van der Waals surface area contributed by atoms with Crippen molar-refractivity contribution in [1.82, 2.24) is 15.0 Å². The molecular weight excluding hydrogens is 410 g/mol. The first-order chi connectivity index (χ1) is 16.2. The maximum atomic E-state index is 10.8. The Bertz CT molecular complexity index is 1380. The maximum Gasteiger partial charge on any atom is 0.199 e. The van der Waals surface area contributed by atoms with Crippen molar-refractivity contribution >= 4 is 22.3 Å². The summed E-state index contributed by atoms with van der Waals surface area (Å²) in [6, 6.07) is 24.1. The van der Waals surface area contributed by atoms with Crippen LogP contribution in [0.4, 0.5) is 5.69 Å². The fourth-order valence-corrected chi connectivity index (χ4v) is 4.03. The van der Waals surface area contributed by atoms with E-state index >= 15 is 0 Å². The van der Waals surface area contributed by atoms with Crippen molar-refractivity contribution in [2.24, 2.45) is 10.7 Å². The molecule has 0 aliphatic rings. The minimum atomic E-state index is 0.108. The molecule has 164 valence electrons. The Kier molecular flexibility index (Phi) is 5.74. The number of aliphatic imine (C=N–C) groups is 1. The number of nitrogens with one attached hydrogen (secondary N) is 2. The molecule has 0 amide bonds. The Balaban J connectivity index is 1.60. The Morgan fingerprint density at radius 2 is 1.76 bits per heavy atom. The monoisotopic (exact) mass is 435 g/mol. The quantitative estimate of drug-likeness (QED) is 0.260. The van der Waals surface area contributed by atoms with E-state index in [0.717, 1.165) is 46.3 Å². The van der Waals surface area contributed by atoms with Gasteiger partial charge >= 0.3 is 0 Å². The standard InChI is InChI=1S/C27H25N5O/c28-15-3-4-18-7-9-20(10-8-18)26(25-22-5-1-2-6-23(22)32-27(25)33)31-21-13-11-19(12-14-21)24-16-29-17-30-24/h1-2,5-14,16-17,32-33H,3-4,15,28H2,(H,29,30). The molecule has 33 heavy (non-hydrogen) atoms. The van der Waals surface area contributed by atoms with Crippen LogP contribution in [0.25, 0.3) is 22.2 Å². The highest BCUT2D eigenvalue weighted by Gasteiger charge is 2.18. The Hall–Kier alpha value is -4.16. The van der Waals surface area contributed by atoms with Gasteiger partial charge in [0.15, 0.2) is 5.88 Å². The Morgan fingerprint density at radius 1 is 0.970 bits per heavy atom. The summed E-state index contributed by atoms with van der Waals surface area (Å²) in [5.74, 6) is 0.108. The lowest BCUT2D eigenvalue weighted by molar-refractivity contribution is 0.457. The second-order valence-electron chi connectivity index (χ2n) is 7.96. The van der Waals surface area contributed by atoms with Crippen LogP contribution in [0.1, 0.15) is 23.1 Å². The van der Waals surface area contributed by atoms with Gasteiger partial charge in [0.05, 0.1) is 35.2 Å². The summed E-state index contributed by atoms with van der Waals surface area (Å²) >= 11 is 0. The molecule has 6 nitrogen and oxygen atoms in total. The van der Waals surface area contributed by atoms with Crippen LogP contribution < -0.4 is 5.73 Å². The van der Waals surface area contributed by atoms with Gasteiger partial charge < -0.3 is 20.8 Å². The molecular formula is C27H25N5O. The van der Waals surface area contributed by atoms with Crippen LogP contribution >= 0.6 is 0 Å². The topological polar surface area (TPSA) is 103 Å². The summed E-state index contributed by atoms with van der Waals surface area (Å²) in [5.41, 5.74) is 12.9. The molecule has 5 aromatic rings. The second kappa shape index (κ2) is 9.14. The Labute approximate surface area is 191 Å². The molecule has 5 N–H and O–H groups in total. The summed E-state index contributed by atoms with van der Waals surface area (Å²) in [6.07, 6.45) is 5.35. The van der Waals surface area contributed by atoms with E-state index in [0.29, 0.717) is 17.8 Å². The van der Waals surface area contributed by atoms with Gasteiger partial charge in [0, 0.05) is 16.5 Å². The first-order valence-electron chi connectivity index (χ1n) is 11.0. The van der Waals surface area contributed by atoms with Gasteiger partial charge in [-0.1, -0.05) is 54.6 Å². The zero-order chi connectivity index (χ0) is 22.6. The van der Waals surface area contributed by atoms with Crippen molar-refractivity contribution in [2.75, 3.05) is 6.54 Å². The number of nitrogens with two attached hydrogens (primary N) is 1. The van der Waals surface area contributed by atoms with E-state index in [4.69, 9.17) is 10.7 Å². The summed E-state index contributed by atoms with van der Waals surface area (Å²) in [7, 11) is 0. The van der Waals surface area contributed by atoms with E-state index in [9.17, 15) is 5.11 Å². The molecule has 0 unspecified atom stereocenters. The molecule has 3 aromatic carbocycles. The number of hydrogen-bond donors (Lipinski definition) is 4. The molecule has 0 atom stereocenters. The number of aromatic hydroxyl groups is 1. The van der Waals surface area contributed by atoms with Crippen molar-refractivity contribution < 1.29 is 5.11 Å². The first-order valence-corrected chi connectivity index (χ1v) is 11.0. The van der Waals surface area contributed by atoms with Gasteiger partial charge in [-0.15, -0.1) is 0 Å². The van der Waals surface area contributed by atoms with E-state index in [2.05, 4.69) is 39.2 Å². The third-order valence-electron chi connectivity index (χ3n) is 5.74. The maximum absolute atomic E-state index is 10.8. The van der Waals surface area contributed by atoms with Crippen LogP contribution in [0.3, 0.4) is 0 Å². The summed E-state index contributed by atoms with van der Waals surface area (Å²) in [4.78, 5) is 15.3. The zero-order valence-corrected chi connectivity index (χ0v) is 18.1. The van der Waals surface area contributed by atoms with Crippen molar-refractivity contribution in [3.05, 3.63) is 102 Å². The fourth-order valence-electron chi connectivity index (χ4n) is 4.03. The number of imidazole rings is 1. The summed E-state index contributed by atoms with van der Waals surface area (Å²) in [6.45, 7) is 0.673. The lowest BCUT2D eigenvalue weighted by Crippen LogP contribution is -2.04. The van der Waals surface area contributed by atoms with Crippen molar-refractivity contribution in [2.45, 2.75) is 12.8 Å². The number of aromatic amines is 2. The van der Waals surface area contributed by atoms with E-state index in [-0.39, 0.29) is 5.88 Å². The van der Waals surface area contributed by atoms with Gasteiger partial charge in [0.25, 0.3) is 0 Å². The second-order valence-corrected chi connectivity index (χ2v) is 7.96. The first kappa shape index (κ1) is 20.7. The van der Waals surface area contributed by atoms with Crippen LogP contribution in [0.2, 0.25) is 0 Å². The molecule has 0 aliphatic heterocycles. The highest BCUT2D eigenvalue weighted by molar-refractivity contribution is 6.21. The smallest absolute Gasteiger partial charge is 0.199 e. The van der Waals surface area contributed by atoms with Gasteiger partial charge in [0.1, 0.15) is 0 Å². The number of aromatic nitrogens is 3. The number of benzene rings is 3. The molecule has 0 spiro atoms. The third-order valence-corrected chi connectivity index (χ3v) is 5.74. The zero-order valence-electron chi connectivity index (χ0n) is 18.1. The number of fused-ring (bicyclic) bond motifs is 1. The van der Waals surface area contributed by atoms with Crippen LogP contribution in [-0.4, -0.2) is 32.3 Å². The number of hydrogen-bond acceptors (Lipinski definition) is 4. The molecule has 0 radical (unpaired) electrons. The van der Waals surface area contributed by atoms with Crippen LogP contribution in [0.15, 0.2) is 90.3 Å². The molecule has 6 heteroatoms. The van der Waals surface area contributed by atoms with Crippen LogP contribution in [-0.2, 0) is 6.42 Å². The summed E-state index contributed by atoms with van der Waals surface area (Å²) < 4.78 is 0. The average Bonchev–Trinajstić information content (AvgIpc) is 3.50. The van der Waals surface area contributed by atoms with E-state index < -0.39 is 0 Å². The molecule has 0 bridgehead atoms. The molecule has 0 aliphatic carbocycles. The average molecular weight is 436 g/mol. The highest BCUT2D eigenvalue weighted by atomic mass is 16.3. The van der Waals surface area contributed by atoms with E-state index in [1.54, 1.807) is 12.5 Å². The Morgan fingerprint density at radius 3 is 2.48 bits per heavy atom. The van der Waals surface area contributed by atoms with Gasteiger partial charge in [-0.2, -0.15) is 0 Å². The van der Waals surface area contributed by atoms with Gasteiger partial charge in [0.2, 0.25) is 0 Å². The number of aryl methyl sites for hydroxylation is 1. The molecule has 0 saturated carbocycles. The van der Waals surface area contributed by atoms with Gasteiger partial charge in [-0.3, -0.25) is 0 Å². The van der Waals surface area contributed by atoms with Gasteiger partial charge in [-0.25, -0.2) is 9.98 Å².